The summed E-state index contributed by atoms with van der Waals surface area (Å²) in [5.41, 5.74) is 23.9. The third-order valence-corrected chi connectivity index (χ3v) is 16.9. The molecule has 0 aliphatic rings. The summed E-state index contributed by atoms with van der Waals surface area (Å²) in [5, 5.41) is 5.98. The first kappa shape index (κ1) is 45.0. The molecule has 0 amide bonds. The number of pyridine rings is 6. The van der Waals surface area contributed by atoms with Crippen LogP contribution in [0.3, 0.4) is 0 Å². The standard InChI is InChI=1S/C72H39N9O3/c1-4-13-55-49(10-1)64-58(16-7-28-73-64)79(55)43-19-22-61-52(37-43)67-70(82-61)46(25-31-76-67)40-34-41(47-26-32-77-68-53-38-44(20-23-62(53)83-71(47)68)80-56-14-5-2-11-50(56)65-59(80)17-8-29-74-65)36-42(35-40)48-27-33-78-69-54-39-45(21-24-63(54)84-72(48)69)81-57-15-6-3-12-51(57)66-60(81)18-9-30-75-66/h1-39H. The van der Waals surface area contributed by atoms with E-state index in [-0.39, 0.29) is 0 Å². The molecule has 12 aromatic heterocycles. The molecule has 0 spiro atoms. The molecular weight excluding hydrogens is 1040 g/mol. The number of fused-ring (bicyclic) bond motifs is 18. The summed E-state index contributed by atoms with van der Waals surface area (Å²) in [5.74, 6) is 0. The molecule has 0 bridgehead atoms. The number of benzene rings is 7. The lowest BCUT2D eigenvalue weighted by Gasteiger charge is -2.12. The van der Waals surface area contributed by atoms with Crippen molar-refractivity contribution in [2.24, 2.45) is 0 Å². The number of hydrogen-bond donors (Lipinski definition) is 0. The van der Waals surface area contributed by atoms with E-state index in [0.29, 0.717) is 16.7 Å². The van der Waals surface area contributed by atoms with Gasteiger partial charge in [0, 0.05) is 103 Å². The van der Waals surface area contributed by atoms with Crippen molar-refractivity contribution in [1.82, 2.24) is 43.6 Å². The predicted molar refractivity (Wildman–Crippen MR) is 334 cm³/mol. The molecular formula is C72H39N9O3. The van der Waals surface area contributed by atoms with Gasteiger partial charge in [0.1, 0.15) is 33.3 Å². The number of aromatic nitrogens is 9. The molecule has 12 heteroatoms. The van der Waals surface area contributed by atoms with Gasteiger partial charge in [-0.05, 0) is 162 Å². The van der Waals surface area contributed by atoms with Crippen LogP contribution in [0.15, 0.2) is 251 Å². The summed E-state index contributed by atoms with van der Waals surface area (Å²) in [4.78, 5) is 29.5. The molecule has 390 valence electrons. The zero-order chi connectivity index (χ0) is 54.7. The number of rotatable bonds is 6. The highest BCUT2D eigenvalue weighted by molar-refractivity contribution is 6.15. The fourth-order valence-electron chi connectivity index (χ4n) is 13.3. The van der Waals surface area contributed by atoms with Crippen LogP contribution in [-0.4, -0.2) is 43.6 Å². The Morgan fingerprint density at radius 2 is 0.536 bits per heavy atom. The third-order valence-electron chi connectivity index (χ3n) is 16.9. The average molecular weight is 1080 g/mol. The van der Waals surface area contributed by atoms with Gasteiger partial charge in [0.2, 0.25) is 0 Å². The van der Waals surface area contributed by atoms with Gasteiger partial charge in [0.25, 0.3) is 0 Å². The average Bonchev–Trinajstić information content (AvgIpc) is 2.81. The highest BCUT2D eigenvalue weighted by Gasteiger charge is 2.24. The van der Waals surface area contributed by atoms with Crippen molar-refractivity contribution in [3.63, 3.8) is 0 Å². The van der Waals surface area contributed by atoms with Gasteiger partial charge < -0.3 is 27.0 Å². The van der Waals surface area contributed by atoms with Gasteiger partial charge in [-0.25, -0.2) is 0 Å². The maximum atomic E-state index is 6.93. The summed E-state index contributed by atoms with van der Waals surface area (Å²) in [7, 11) is 0. The molecule has 0 saturated carbocycles. The fraction of sp³-hybridized carbons (Fsp3) is 0. The van der Waals surface area contributed by atoms with E-state index in [4.69, 9.17) is 43.2 Å². The zero-order valence-electron chi connectivity index (χ0n) is 44.3. The summed E-state index contributed by atoms with van der Waals surface area (Å²) >= 11 is 0. The molecule has 84 heavy (non-hydrogen) atoms. The largest absolute Gasteiger partial charge is 0.454 e. The van der Waals surface area contributed by atoms with Crippen molar-refractivity contribution in [2.45, 2.75) is 0 Å². The molecule has 12 nitrogen and oxygen atoms in total. The zero-order valence-corrected chi connectivity index (χ0v) is 44.3. The molecule has 0 unspecified atom stereocenters. The highest BCUT2D eigenvalue weighted by Crippen LogP contribution is 2.45. The van der Waals surface area contributed by atoms with Gasteiger partial charge in [-0.15, -0.1) is 0 Å². The van der Waals surface area contributed by atoms with Crippen LogP contribution in [0.5, 0.6) is 0 Å². The third kappa shape index (κ3) is 6.30. The minimum absolute atomic E-state index is 0.671. The van der Waals surface area contributed by atoms with Gasteiger partial charge in [0.05, 0.1) is 49.7 Å². The van der Waals surface area contributed by atoms with Crippen molar-refractivity contribution in [2.75, 3.05) is 0 Å². The molecule has 19 rings (SSSR count). The Bertz CT molecular complexity index is 5280. The Hall–Kier alpha value is -11.8. The van der Waals surface area contributed by atoms with Gasteiger partial charge >= 0.3 is 0 Å². The summed E-state index contributed by atoms with van der Waals surface area (Å²) < 4.78 is 27.6. The minimum Gasteiger partial charge on any atom is -0.454 e. The van der Waals surface area contributed by atoms with Crippen LogP contribution in [-0.2, 0) is 0 Å². The Morgan fingerprint density at radius 3 is 0.869 bits per heavy atom. The van der Waals surface area contributed by atoms with E-state index >= 15 is 0 Å². The van der Waals surface area contributed by atoms with E-state index in [1.165, 1.54) is 0 Å². The molecule has 0 saturated heterocycles. The van der Waals surface area contributed by atoms with E-state index in [1.807, 2.05) is 91.8 Å². The first-order valence-corrected chi connectivity index (χ1v) is 27.8. The number of para-hydroxylation sites is 3. The van der Waals surface area contributed by atoms with Crippen LogP contribution in [0.4, 0.5) is 0 Å². The second kappa shape index (κ2) is 16.9. The highest BCUT2D eigenvalue weighted by atomic mass is 16.3. The predicted octanol–water partition coefficient (Wildman–Crippen LogP) is 18.0. The van der Waals surface area contributed by atoms with E-state index in [2.05, 4.69) is 159 Å². The molecule has 0 N–H and O–H groups in total. The normalized spacial score (nSPS) is 12.3. The van der Waals surface area contributed by atoms with E-state index in [1.54, 1.807) is 0 Å². The topological polar surface area (TPSA) is 132 Å². The maximum absolute atomic E-state index is 6.93. The Balaban J connectivity index is 0.816. The quantitative estimate of drug-likeness (QED) is 0.160. The molecule has 12 heterocycles. The first-order chi connectivity index (χ1) is 41.6. The summed E-state index contributed by atoms with van der Waals surface area (Å²) in [6, 6.07) is 69.3. The molecule has 0 fully saturated rings. The number of hydrogen-bond acceptors (Lipinski definition) is 9. The van der Waals surface area contributed by atoms with Crippen LogP contribution in [0, 0.1) is 0 Å². The molecule has 0 aliphatic carbocycles. The van der Waals surface area contributed by atoms with Crippen molar-refractivity contribution in [3.8, 4) is 50.4 Å². The Kier molecular flexibility index (Phi) is 9.05. The van der Waals surface area contributed by atoms with Crippen molar-refractivity contribution in [1.29, 1.82) is 0 Å². The Morgan fingerprint density at radius 1 is 0.238 bits per heavy atom. The number of furan rings is 3. The molecule has 19 aromatic rings. The Labute approximate surface area is 474 Å². The molecule has 7 aromatic carbocycles. The second-order valence-electron chi connectivity index (χ2n) is 21.4. The van der Waals surface area contributed by atoms with E-state index in [0.717, 1.165) is 166 Å². The lowest BCUT2D eigenvalue weighted by molar-refractivity contribution is 0.669. The summed E-state index contributed by atoms with van der Waals surface area (Å²) in [6.07, 6.45) is 11.2. The minimum atomic E-state index is 0.671. The maximum Gasteiger partial charge on any atom is 0.161 e. The van der Waals surface area contributed by atoms with Crippen LogP contribution >= 0.6 is 0 Å². The van der Waals surface area contributed by atoms with Crippen LogP contribution < -0.4 is 0 Å². The van der Waals surface area contributed by atoms with Crippen LogP contribution in [0.25, 0.3) is 182 Å². The molecule has 0 radical (unpaired) electrons. The lowest BCUT2D eigenvalue weighted by atomic mass is 9.93. The second-order valence-corrected chi connectivity index (χ2v) is 21.4. The first-order valence-electron chi connectivity index (χ1n) is 27.8. The van der Waals surface area contributed by atoms with Gasteiger partial charge in [0.15, 0.2) is 16.7 Å². The van der Waals surface area contributed by atoms with Crippen molar-refractivity contribution < 1.29 is 13.3 Å². The van der Waals surface area contributed by atoms with Crippen molar-refractivity contribution in [3.05, 3.63) is 237 Å². The smallest absolute Gasteiger partial charge is 0.161 e. The molecule has 0 atom stereocenters. The van der Waals surface area contributed by atoms with Gasteiger partial charge in [-0.3, -0.25) is 29.9 Å². The summed E-state index contributed by atoms with van der Waals surface area (Å²) in [6.45, 7) is 0. The van der Waals surface area contributed by atoms with Crippen LogP contribution in [0.1, 0.15) is 0 Å². The van der Waals surface area contributed by atoms with E-state index < -0.39 is 0 Å². The SMILES string of the molecule is c1ccc2c(c1)c1ncccc1n2-c1ccc2oc3c(-c4cc(-c5ccnc6c5oc5ccc(-n7c8ccccc8c8ncccc87)cc56)cc(-c5ccnc6c5oc5ccc(-n7c8ccccc8c8ncccc87)cc56)c4)ccnc3c2c1. The van der Waals surface area contributed by atoms with Gasteiger partial charge in [-0.2, -0.15) is 0 Å². The van der Waals surface area contributed by atoms with Crippen molar-refractivity contribution >= 4 is 132 Å². The fourth-order valence-corrected chi connectivity index (χ4v) is 13.3. The molecule has 0 aliphatic heterocycles. The van der Waals surface area contributed by atoms with Crippen LogP contribution in [0.2, 0.25) is 0 Å². The number of nitrogens with zero attached hydrogens (tertiary/aromatic N) is 9. The lowest BCUT2D eigenvalue weighted by Crippen LogP contribution is -1.93. The van der Waals surface area contributed by atoms with E-state index in [9.17, 15) is 0 Å². The van der Waals surface area contributed by atoms with Gasteiger partial charge in [-0.1, -0.05) is 54.6 Å². The monoisotopic (exact) mass is 1080 g/mol.